The summed E-state index contributed by atoms with van der Waals surface area (Å²) in [7, 11) is 0. The number of carbonyl (C=O) groups is 2. The van der Waals surface area contributed by atoms with Crippen LogP contribution in [0.25, 0.3) is 0 Å². The van der Waals surface area contributed by atoms with Gasteiger partial charge in [-0.15, -0.1) is 0 Å². The normalized spacial score (nSPS) is 12.5. The molecule has 0 aliphatic rings. The first-order chi connectivity index (χ1) is 7.43. The minimum absolute atomic E-state index is 0.0533. The molecule has 0 bridgehead atoms. The SMILES string of the molecule is CC(C)CC(=O)NCCCCC(N)C(=O)O. The Morgan fingerprint density at radius 2 is 1.94 bits per heavy atom. The highest BCUT2D eigenvalue weighted by molar-refractivity contribution is 5.76. The van der Waals surface area contributed by atoms with Gasteiger partial charge in [-0.3, -0.25) is 9.59 Å². The van der Waals surface area contributed by atoms with E-state index in [-0.39, 0.29) is 5.91 Å². The number of hydrogen-bond donors (Lipinski definition) is 3. The predicted octanol–water partition coefficient (Wildman–Crippen LogP) is 0.731. The summed E-state index contributed by atoms with van der Waals surface area (Å²) in [5, 5.41) is 11.3. The van der Waals surface area contributed by atoms with Gasteiger partial charge in [-0.25, -0.2) is 0 Å². The monoisotopic (exact) mass is 230 g/mol. The maximum Gasteiger partial charge on any atom is 0.320 e. The summed E-state index contributed by atoms with van der Waals surface area (Å²) in [6, 6.07) is -0.786. The maximum atomic E-state index is 11.2. The topological polar surface area (TPSA) is 92.4 Å². The number of aliphatic carboxylic acids is 1. The van der Waals surface area contributed by atoms with Gasteiger partial charge in [0, 0.05) is 13.0 Å². The molecule has 0 aliphatic heterocycles. The molecule has 0 aliphatic carbocycles. The zero-order valence-corrected chi connectivity index (χ0v) is 10.0. The van der Waals surface area contributed by atoms with Gasteiger partial charge in [-0.2, -0.15) is 0 Å². The summed E-state index contributed by atoms with van der Waals surface area (Å²) < 4.78 is 0. The first-order valence-electron chi connectivity index (χ1n) is 5.68. The first-order valence-corrected chi connectivity index (χ1v) is 5.68. The van der Waals surface area contributed by atoms with E-state index >= 15 is 0 Å². The fraction of sp³-hybridized carbons (Fsp3) is 0.818. The van der Waals surface area contributed by atoms with Crippen molar-refractivity contribution in [2.45, 2.75) is 45.6 Å². The molecule has 5 nitrogen and oxygen atoms in total. The highest BCUT2D eigenvalue weighted by Crippen LogP contribution is 2.00. The average Bonchev–Trinajstić information content (AvgIpc) is 2.15. The van der Waals surface area contributed by atoms with E-state index < -0.39 is 12.0 Å². The van der Waals surface area contributed by atoms with Crippen LogP contribution in [-0.2, 0) is 9.59 Å². The maximum absolute atomic E-state index is 11.2. The van der Waals surface area contributed by atoms with Crippen molar-refractivity contribution < 1.29 is 14.7 Å². The van der Waals surface area contributed by atoms with E-state index in [9.17, 15) is 9.59 Å². The van der Waals surface area contributed by atoms with Crippen LogP contribution in [0.15, 0.2) is 0 Å². The molecule has 1 atom stereocenters. The van der Waals surface area contributed by atoms with Gasteiger partial charge in [0.15, 0.2) is 0 Å². The largest absolute Gasteiger partial charge is 0.480 e. The number of unbranched alkanes of at least 4 members (excludes halogenated alkanes) is 1. The molecule has 0 aromatic heterocycles. The second-order valence-corrected chi connectivity index (χ2v) is 4.39. The molecule has 1 amide bonds. The molecule has 0 saturated heterocycles. The van der Waals surface area contributed by atoms with Crippen LogP contribution in [-0.4, -0.2) is 29.6 Å². The minimum Gasteiger partial charge on any atom is -0.480 e. The van der Waals surface area contributed by atoms with Crippen LogP contribution in [0.2, 0.25) is 0 Å². The number of carboxylic acid groups (broad SMARTS) is 1. The molecule has 0 saturated carbocycles. The summed E-state index contributed by atoms with van der Waals surface area (Å²) in [5.41, 5.74) is 5.34. The third-order valence-electron chi connectivity index (χ3n) is 2.17. The molecule has 0 spiro atoms. The van der Waals surface area contributed by atoms with Gasteiger partial charge in [-0.1, -0.05) is 13.8 Å². The van der Waals surface area contributed by atoms with E-state index in [4.69, 9.17) is 10.8 Å². The lowest BCUT2D eigenvalue weighted by atomic mass is 10.1. The van der Waals surface area contributed by atoms with Crippen LogP contribution in [0.4, 0.5) is 0 Å². The number of nitrogens with two attached hydrogens (primary N) is 1. The lowest BCUT2D eigenvalue weighted by Crippen LogP contribution is -2.30. The summed E-state index contributed by atoms with van der Waals surface area (Å²) in [4.78, 5) is 21.6. The number of amides is 1. The molecule has 0 aromatic rings. The van der Waals surface area contributed by atoms with Crippen molar-refractivity contribution in [2.75, 3.05) is 6.54 Å². The van der Waals surface area contributed by atoms with E-state index in [0.717, 1.165) is 12.8 Å². The van der Waals surface area contributed by atoms with Crippen LogP contribution in [0.1, 0.15) is 39.5 Å². The molecule has 4 N–H and O–H groups in total. The van der Waals surface area contributed by atoms with E-state index in [2.05, 4.69) is 5.32 Å². The second kappa shape index (κ2) is 8.10. The van der Waals surface area contributed by atoms with Gasteiger partial charge in [0.1, 0.15) is 6.04 Å². The Bertz CT molecular complexity index is 229. The third-order valence-corrected chi connectivity index (χ3v) is 2.17. The Balaban J connectivity index is 3.40. The van der Waals surface area contributed by atoms with Gasteiger partial charge in [0.05, 0.1) is 0 Å². The van der Waals surface area contributed by atoms with E-state index in [1.807, 2.05) is 13.8 Å². The van der Waals surface area contributed by atoms with Crippen molar-refractivity contribution in [1.29, 1.82) is 0 Å². The van der Waals surface area contributed by atoms with E-state index in [1.165, 1.54) is 0 Å². The molecule has 0 rings (SSSR count). The van der Waals surface area contributed by atoms with Crippen molar-refractivity contribution in [3.05, 3.63) is 0 Å². The fourth-order valence-corrected chi connectivity index (χ4v) is 1.28. The van der Waals surface area contributed by atoms with Crippen LogP contribution in [0, 0.1) is 5.92 Å². The molecule has 0 fully saturated rings. The molecule has 16 heavy (non-hydrogen) atoms. The van der Waals surface area contributed by atoms with Crippen LogP contribution >= 0.6 is 0 Å². The Kier molecular flexibility index (Phi) is 7.54. The van der Waals surface area contributed by atoms with Gasteiger partial charge in [0.25, 0.3) is 0 Å². The minimum atomic E-state index is -0.969. The summed E-state index contributed by atoms with van der Waals surface area (Å²) in [5.74, 6) is -0.554. The third kappa shape index (κ3) is 8.23. The lowest BCUT2D eigenvalue weighted by Gasteiger charge is -2.08. The summed E-state index contributed by atoms with van der Waals surface area (Å²) in [6.45, 7) is 4.58. The van der Waals surface area contributed by atoms with E-state index in [0.29, 0.717) is 25.3 Å². The lowest BCUT2D eigenvalue weighted by molar-refractivity contribution is -0.138. The van der Waals surface area contributed by atoms with Gasteiger partial charge >= 0.3 is 5.97 Å². The van der Waals surface area contributed by atoms with Crippen molar-refractivity contribution in [2.24, 2.45) is 11.7 Å². The molecular weight excluding hydrogens is 208 g/mol. The highest BCUT2D eigenvalue weighted by Gasteiger charge is 2.10. The standard InChI is InChI=1S/C11H22N2O3/c1-8(2)7-10(14)13-6-4-3-5-9(12)11(15)16/h8-9H,3-7,12H2,1-2H3,(H,13,14)(H,15,16). The van der Waals surface area contributed by atoms with Crippen LogP contribution < -0.4 is 11.1 Å². The number of hydrogen-bond acceptors (Lipinski definition) is 3. The van der Waals surface area contributed by atoms with Crippen molar-refractivity contribution in [3.63, 3.8) is 0 Å². The number of carbonyl (C=O) groups excluding carboxylic acids is 1. The summed E-state index contributed by atoms with van der Waals surface area (Å²) in [6.07, 6.45) is 2.48. The molecule has 0 heterocycles. The quantitative estimate of drug-likeness (QED) is 0.536. The fourth-order valence-electron chi connectivity index (χ4n) is 1.28. The smallest absolute Gasteiger partial charge is 0.320 e. The second-order valence-electron chi connectivity index (χ2n) is 4.39. The molecule has 5 heteroatoms. The number of rotatable bonds is 8. The molecule has 0 aromatic carbocycles. The van der Waals surface area contributed by atoms with Gasteiger partial charge in [-0.05, 0) is 25.2 Å². The highest BCUT2D eigenvalue weighted by atomic mass is 16.4. The Morgan fingerprint density at radius 3 is 2.44 bits per heavy atom. The van der Waals surface area contributed by atoms with Crippen molar-refractivity contribution >= 4 is 11.9 Å². The van der Waals surface area contributed by atoms with Gasteiger partial charge < -0.3 is 16.2 Å². The van der Waals surface area contributed by atoms with E-state index in [1.54, 1.807) is 0 Å². The first kappa shape index (κ1) is 14.9. The molecular formula is C11H22N2O3. The Hall–Kier alpha value is -1.10. The molecule has 0 radical (unpaired) electrons. The Morgan fingerprint density at radius 1 is 1.31 bits per heavy atom. The van der Waals surface area contributed by atoms with Crippen molar-refractivity contribution in [1.82, 2.24) is 5.32 Å². The number of carboxylic acids is 1. The van der Waals surface area contributed by atoms with Gasteiger partial charge in [0.2, 0.25) is 5.91 Å². The van der Waals surface area contributed by atoms with Crippen LogP contribution in [0.5, 0.6) is 0 Å². The molecule has 94 valence electrons. The zero-order chi connectivity index (χ0) is 12.6. The summed E-state index contributed by atoms with van der Waals surface area (Å²) >= 11 is 0. The molecule has 1 unspecified atom stereocenters. The predicted molar refractivity (Wildman–Crippen MR) is 61.9 cm³/mol. The Labute approximate surface area is 96.4 Å². The zero-order valence-electron chi connectivity index (χ0n) is 10.0. The number of nitrogens with one attached hydrogen (secondary N) is 1. The van der Waals surface area contributed by atoms with Crippen molar-refractivity contribution in [3.8, 4) is 0 Å². The van der Waals surface area contributed by atoms with Crippen LogP contribution in [0.3, 0.4) is 0 Å². The average molecular weight is 230 g/mol.